The van der Waals surface area contributed by atoms with E-state index in [0.29, 0.717) is 18.7 Å². The SMILES string of the molecule is CCN(CC(=O)O)C1CC(NC(=O)CCSc2ccc(F)cc2)C1. The molecule has 1 aliphatic carbocycles. The first-order valence-corrected chi connectivity index (χ1v) is 9.10. The van der Waals surface area contributed by atoms with E-state index in [-0.39, 0.29) is 30.4 Å². The monoisotopic (exact) mass is 354 g/mol. The van der Waals surface area contributed by atoms with E-state index in [1.807, 2.05) is 11.8 Å². The Hall–Kier alpha value is -1.60. The predicted octanol–water partition coefficient (Wildman–Crippen LogP) is 2.36. The van der Waals surface area contributed by atoms with Gasteiger partial charge in [-0.1, -0.05) is 6.92 Å². The van der Waals surface area contributed by atoms with Crippen LogP contribution in [0.3, 0.4) is 0 Å². The molecule has 0 atom stereocenters. The van der Waals surface area contributed by atoms with Gasteiger partial charge in [-0.05, 0) is 43.7 Å². The number of carbonyl (C=O) groups is 2. The molecule has 0 heterocycles. The highest BCUT2D eigenvalue weighted by molar-refractivity contribution is 7.99. The van der Waals surface area contributed by atoms with Crippen LogP contribution in [0, 0.1) is 5.82 Å². The first-order valence-electron chi connectivity index (χ1n) is 8.11. The molecule has 0 radical (unpaired) electrons. The average molecular weight is 354 g/mol. The number of carboxylic acids is 1. The summed E-state index contributed by atoms with van der Waals surface area (Å²) in [5, 5.41) is 11.9. The minimum Gasteiger partial charge on any atom is -0.480 e. The van der Waals surface area contributed by atoms with Crippen molar-refractivity contribution in [1.29, 1.82) is 0 Å². The molecule has 1 amide bonds. The van der Waals surface area contributed by atoms with Gasteiger partial charge in [0, 0.05) is 29.2 Å². The van der Waals surface area contributed by atoms with Gasteiger partial charge in [0.2, 0.25) is 5.91 Å². The van der Waals surface area contributed by atoms with E-state index in [0.717, 1.165) is 17.7 Å². The smallest absolute Gasteiger partial charge is 0.317 e. The van der Waals surface area contributed by atoms with E-state index in [9.17, 15) is 14.0 Å². The van der Waals surface area contributed by atoms with Crippen molar-refractivity contribution in [2.75, 3.05) is 18.8 Å². The van der Waals surface area contributed by atoms with Crippen LogP contribution >= 0.6 is 11.8 Å². The zero-order valence-corrected chi connectivity index (χ0v) is 14.5. The number of amides is 1. The molecule has 132 valence electrons. The Morgan fingerprint density at radius 1 is 1.33 bits per heavy atom. The third kappa shape index (κ3) is 5.79. The Morgan fingerprint density at radius 2 is 2.00 bits per heavy atom. The van der Waals surface area contributed by atoms with Crippen LogP contribution in [0.15, 0.2) is 29.2 Å². The molecular formula is C17H23FN2O3S. The number of halogens is 1. The van der Waals surface area contributed by atoms with Gasteiger partial charge in [0.05, 0.1) is 6.54 Å². The molecular weight excluding hydrogens is 331 g/mol. The molecule has 1 aliphatic rings. The standard InChI is InChI=1S/C17H23FN2O3S/c1-2-20(11-17(22)23)14-9-13(10-14)19-16(21)7-8-24-15-5-3-12(18)4-6-15/h3-6,13-14H,2,7-11H2,1H3,(H,19,21)(H,22,23). The van der Waals surface area contributed by atoms with E-state index in [4.69, 9.17) is 5.11 Å². The fraction of sp³-hybridized carbons (Fsp3) is 0.529. The molecule has 24 heavy (non-hydrogen) atoms. The molecule has 0 aliphatic heterocycles. The van der Waals surface area contributed by atoms with E-state index < -0.39 is 5.97 Å². The van der Waals surface area contributed by atoms with Gasteiger partial charge < -0.3 is 10.4 Å². The zero-order chi connectivity index (χ0) is 17.5. The summed E-state index contributed by atoms with van der Waals surface area (Å²) in [6.07, 6.45) is 2.02. The topological polar surface area (TPSA) is 69.6 Å². The Morgan fingerprint density at radius 3 is 2.58 bits per heavy atom. The quantitative estimate of drug-likeness (QED) is 0.666. The predicted molar refractivity (Wildman–Crippen MR) is 91.6 cm³/mol. The van der Waals surface area contributed by atoms with Gasteiger partial charge in [0.25, 0.3) is 0 Å². The summed E-state index contributed by atoms with van der Waals surface area (Å²) in [6, 6.07) is 6.61. The summed E-state index contributed by atoms with van der Waals surface area (Å²) in [5.74, 6) is -0.426. The average Bonchev–Trinajstić information content (AvgIpc) is 2.50. The Kier molecular flexibility index (Phi) is 7.05. The fourth-order valence-electron chi connectivity index (χ4n) is 2.77. The molecule has 5 nitrogen and oxygen atoms in total. The van der Waals surface area contributed by atoms with Crippen molar-refractivity contribution in [1.82, 2.24) is 10.2 Å². The summed E-state index contributed by atoms with van der Waals surface area (Å²) in [6.45, 7) is 2.70. The molecule has 7 heteroatoms. The summed E-state index contributed by atoms with van der Waals surface area (Å²) in [5.41, 5.74) is 0. The third-order valence-electron chi connectivity index (χ3n) is 4.15. The molecule has 0 spiro atoms. The normalized spacial score (nSPS) is 19.8. The number of nitrogens with zero attached hydrogens (tertiary/aromatic N) is 1. The summed E-state index contributed by atoms with van der Waals surface area (Å²) >= 11 is 1.53. The number of nitrogens with one attached hydrogen (secondary N) is 1. The molecule has 1 saturated carbocycles. The maximum absolute atomic E-state index is 12.8. The van der Waals surface area contributed by atoms with Crippen LogP contribution in [-0.4, -0.2) is 52.8 Å². The number of rotatable bonds is 9. The number of hydrogen-bond acceptors (Lipinski definition) is 4. The summed E-state index contributed by atoms with van der Waals surface area (Å²) in [7, 11) is 0. The molecule has 0 bridgehead atoms. The summed E-state index contributed by atoms with van der Waals surface area (Å²) < 4.78 is 12.8. The lowest BCUT2D eigenvalue weighted by Gasteiger charge is -2.42. The maximum atomic E-state index is 12.8. The van der Waals surface area contributed by atoms with Crippen molar-refractivity contribution < 1.29 is 19.1 Å². The molecule has 0 aromatic heterocycles. The number of thioether (sulfide) groups is 1. The lowest BCUT2D eigenvalue weighted by Crippen LogP contribution is -2.54. The highest BCUT2D eigenvalue weighted by Crippen LogP contribution is 2.26. The Bertz CT molecular complexity index is 561. The number of likely N-dealkylation sites (N-methyl/N-ethyl adjacent to an activating group) is 1. The van der Waals surface area contributed by atoms with Crippen LogP contribution in [0.4, 0.5) is 4.39 Å². The zero-order valence-electron chi connectivity index (χ0n) is 13.7. The highest BCUT2D eigenvalue weighted by Gasteiger charge is 2.34. The minimum atomic E-state index is -0.817. The molecule has 1 aromatic rings. The second kappa shape index (κ2) is 9.03. The van der Waals surface area contributed by atoms with Crippen LogP contribution < -0.4 is 5.32 Å². The highest BCUT2D eigenvalue weighted by atomic mass is 32.2. The van der Waals surface area contributed by atoms with E-state index in [1.54, 1.807) is 12.1 Å². The largest absolute Gasteiger partial charge is 0.480 e. The van der Waals surface area contributed by atoms with Crippen molar-refractivity contribution in [3.05, 3.63) is 30.1 Å². The van der Waals surface area contributed by atoms with Gasteiger partial charge >= 0.3 is 5.97 Å². The van der Waals surface area contributed by atoms with E-state index >= 15 is 0 Å². The number of carbonyl (C=O) groups excluding carboxylic acids is 1. The van der Waals surface area contributed by atoms with E-state index in [2.05, 4.69) is 5.32 Å². The minimum absolute atomic E-state index is 0.00865. The van der Waals surface area contributed by atoms with Crippen molar-refractivity contribution >= 4 is 23.6 Å². The van der Waals surface area contributed by atoms with Gasteiger partial charge in [-0.3, -0.25) is 14.5 Å². The molecule has 2 rings (SSSR count). The van der Waals surface area contributed by atoms with Crippen LogP contribution in [0.5, 0.6) is 0 Å². The van der Waals surface area contributed by atoms with Gasteiger partial charge in [-0.25, -0.2) is 4.39 Å². The summed E-state index contributed by atoms with van der Waals surface area (Å²) in [4.78, 5) is 25.6. The second-order valence-corrected chi connectivity index (χ2v) is 7.07. The van der Waals surface area contributed by atoms with Gasteiger partial charge in [-0.2, -0.15) is 0 Å². The van der Waals surface area contributed by atoms with Gasteiger partial charge in [-0.15, -0.1) is 11.8 Å². The Labute approximate surface area is 145 Å². The van der Waals surface area contributed by atoms with Crippen LogP contribution in [-0.2, 0) is 9.59 Å². The number of carboxylic acid groups (broad SMARTS) is 1. The molecule has 0 saturated heterocycles. The molecule has 2 N–H and O–H groups in total. The van der Waals surface area contributed by atoms with Crippen LogP contribution in [0.1, 0.15) is 26.2 Å². The molecule has 1 aromatic carbocycles. The number of hydrogen-bond donors (Lipinski definition) is 2. The second-order valence-electron chi connectivity index (χ2n) is 5.90. The van der Waals surface area contributed by atoms with Crippen molar-refractivity contribution in [2.45, 2.75) is 43.2 Å². The van der Waals surface area contributed by atoms with Gasteiger partial charge in [0.1, 0.15) is 5.82 Å². The number of aliphatic carboxylic acids is 1. The van der Waals surface area contributed by atoms with Crippen LogP contribution in [0.2, 0.25) is 0 Å². The van der Waals surface area contributed by atoms with Crippen LogP contribution in [0.25, 0.3) is 0 Å². The first-order chi connectivity index (χ1) is 11.5. The lowest BCUT2D eigenvalue weighted by molar-refractivity contribution is -0.139. The van der Waals surface area contributed by atoms with Crippen molar-refractivity contribution in [2.24, 2.45) is 0 Å². The number of benzene rings is 1. The van der Waals surface area contributed by atoms with Crippen molar-refractivity contribution in [3.63, 3.8) is 0 Å². The van der Waals surface area contributed by atoms with E-state index in [1.165, 1.54) is 23.9 Å². The molecule has 1 fully saturated rings. The maximum Gasteiger partial charge on any atom is 0.317 e. The third-order valence-corrected chi connectivity index (χ3v) is 5.16. The first kappa shape index (κ1) is 18.7. The van der Waals surface area contributed by atoms with Crippen molar-refractivity contribution in [3.8, 4) is 0 Å². The lowest BCUT2D eigenvalue weighted by atomic mass is 9.85. The van der Waals surface area contributed by atoms with Gasteiger partial charge in [0.15, 0.2) is 0 Å². The molecule has 0 unspecified atom stereocenters. The Balaban J connectivity index is 1.62. The fourth-order valence-corrected chi connectivity index (χ4v) is 3.62.